The number of hydrogen-bond donors (Lipinski definition) is 0. The first kappa shape index (κ1) is 23.7. The van der Waals surface area contributed by atoms with E-state index in [4.69, 9.17) is 14.7 Å². The Hall–Kier alpha value is -4.73. The van der Waals surface area contributed by atoms with E-state index in [1.807, 2.05) is 54.6 Å². The number of esters is 1. The molecule has 2 aromatic heterocycles. The van der Waals surface area contributed by atoms with Crippen LogP contribution in [-0.4, -0.2) is 20.9 Å². The van der Waals surface area contributed by atoms with E-state index < -0.39 is 10.9 Å². The lowest BCUT2D eigenvalue weighted by Gasteiger charge is -2.06. The zero-order chi connectivity index (χ0) is 26.1. The van der Waals surface area contributed by atoms with Crippen molar-refractivity contribution in [2.75, 3.05) is 0 Å². The van der Waals surface area contributed by atoms with Crippen LogP contribution in [0.4, 0.5) is 5.69 Å². The molecule has 38 heavy (non-hydrogen) atoms. The number of hydrogen-bond acceptors (Lipinski definition) is 8. The van der Waals surface area contributed by atoms with Gasteiger partial charge in [0.25, 0.3) is 5.69 Å². The predicted octanol–water partition coefficient (Wildman–Crippen LogP) is 7.62. The fourth-order valence-corrected chi connectivity index (χ4v) is 5.93. The zero-order valence-corrected chi connectivity index (χ0v) is 21.2. The van der Waals surface area contributed by atoms with Gasteiger partial charge in [-0.3, -0.25) is 10.1 Å². The summed E-state index contributed by atoms with van der Waals surface area (Å²) in [5.41, 5.74) is 3.60. The summed E-state index contributed by atoms with van der Waals surface area (Å²) in [6, 6.07) is 28.6. The maximum atomic E-state index is 12.5. The van der Waals surface area contributed by atoms with E-state index >= 15 is 0 Å². The van der Waals surface area contributed by atoms with Gasteiger partial charge < -0.3 is 4.74 Å². The van der Waals surface area contributed by atoms with Crippen molar-refractivity contribution in [1.29, 1.82) is 0 Å². The molecule has 0 fully saturated rings. The quantitative estimate of drug-likeness (QED) is 0.0942. The lowest BCUT2D eigenvalue weighted by atomic mass is 10.1. The number of fused-ring (bicyclic) bond motifs is 2. The number of carbonyl (C=O) groups excluding carboxylic acids is 1. The normalized spacial score (nSPS) is 10.9. The summed E-state index contributed by atoms with van der Waals surface area (Å²) < 4.78 is 7.63. The molecule has 0 saturated carbocycles. The van der Waals surface area contributed by atoms with Gasteiger partial charge >= 0.3 is 5.97 Å². The molecule has 6 aromatic rings. The number of rotatable bonds is 6. The van der Waals surface area contributed by atoms with Crippen LogP contribution in [-0.2, 0) is 0 Å². The second kappa shape index (κ2) is 9.97. The number of benzene rings is 4. The first-order chi connectivity index (χ1) is 18.5. The fraction of sp³-hybridized carbons (Fsp3) is 0. The monoisotopic (exact) mass is 535 g/mol. The largest absolute Gasteiger partial charge is 0.423 e. The molecule has 0 N–H and O–H groups in total. The highest BCUT2D eigenvalue weighted by atomic mass is 32.1. The number of nitro benzene ring substituents is 1. The van der Waals surface area contributed by atoms with Crippen molar-refractivity contribution in [2.24, 2.45) is 0 Å². The molecular weight excluding hydrogens is 518 g/mol. The lowest BCUT2D eigenvalue weighted by molar-refractivity contribution is -0.384. The highest BCUT2D eigenvalue weighted by molar-refractivity contribution is 7.22. The molecule has 0 saturated heterocycles. The van der Waals surface area contributed by atoms with Crippen molar-refractivity contribution in [3.63, 3.8) is 0 Å². The minimum absolute atomic E-state index is 0.108. The van der Waals surface area contributed by atoms with Crippen LogP contribution in [0.5, 0.6) is 5.75 Å². The van der Waals surface area contributed by atoms with E-state index in [1.54, 1.807) is 34.8 Å². The average molecular weight is 536 g/mol. The highest BCUT2D eigenvalue weighted by Gasteiger charge is 2.17. The highest BCUT2D eigenvalue weighted by Crippen LogP contribution is 2.36. The molecule has 6 rings (SSSR count). The molecule has 0 amide bonds. The molecule has 7 nitrogen and oxygen atoms in total. The van der Waals surface area contributed by atoms with Crippen LogP contribution in [0.25, 0.3) is 32.1 Å². The van der Waals surface area contributed by atoms with E-state index in [0.717, 1.165) is 41.6 Å². The van der Waals surface area contributed by atoms with Crippen molar-refractivity contribution in [1.82, 2.24) is 9.97 Å². The van der Waals surface area contributed by atoms with Crippen molar-refractivity contribution >= 4 is 66.4 Å². The summed E-state index contributed by atoms with van der Waals surface area (Å²) in [5.74, 6) is -0.332. The third kappa shape index (κ3) is 4.80. The number of para-hydroxylation sites is 2. The van der Waals surface area contributed by atoms with Crippen LogP contribution in [0.1, 0.15) is 25.9 Å². The van der Waals surface area contributed by atoms with Gasteiger partial charge in [0.15, 0.2) is 0 Å². The maximum Gasteiger partial charge on any atom is 0.343 e. The van der Waals surface area contributed by atoms with Gasteiger partial charge in [-0.25, -0.2) is 14.8 Å². The summed E-state index contributed by atoms with van der Waals surface area (Å²) in [6.45, 7) is 0. The van der Waals surface area contributed by atoms with Crippen molar-refractivity contribution in [2.45, 2.75) is 0 Å². The van der Waals surface area contributed by atoms with Crippen molar-refractivity contribution in [3.05, 3.63) is 128 Å². The maximum absolute atomic E-state index is 12.5. The first-order valence-corrected chi connectivity index (χ1v) is 13.2. The van der Waals surface area contributed by atoms with Crippen LogP contribution in [0.3, 0.4) is 0 Å². The van der Waals surface area contributed by atoms with Crippen molar-refractivity contribution in [3.8, 4) is 5.75 Å². The first-order valence-electron chi connectivity index (χ1n) is 11.5. The Morgan fingerprint density at radius 2 is 1.39 bits per heavy atom. The van der Waals surface area contributed by atoms with Gasteiger partial charge in [0.2, 0.25) is 0 Å². The van der Waals surface area contributed by atoms with Crippen LogP contribution in [0, 0.1) is 10.1 Å². The number of ether oxygens (including phenoxy) is 1. The van der Waals surface area contributed by atoms with E-state index in [9.17, 15) is 14.9 Å². The Labute approximate surface area is 224 Å². The number of aromatic nitrogens is 2. The summed E-state index contributed by atoms with van der Waals surface area (Å²) in [6.07, 6.45) is 2.03. The van der Waals surface area contributed by atoms with Gasteiger partial charge in [-0.15, -0.1) is 22.7 Å². The minimum Gasteiger partial charge on any atom is -0.423 e. The third-order valence-electron chi connectivity index (χ3n) is 5.74. The summed E-state index contributed by atoms with van der Waals surface area (Å²) in [4.78, 5) is 32.7. The molecule has 0 radical (unpaired) electrons. The molecule has 0 spiro atoms. The molecule has 4 aromatic carbocycles. The summed E-state index contributed by atoms with van der Waals surface area (Å²) in [5, 5.41) is 12.7. The molecule has 0 atom stereocenters. The molecule has 0 aliphatic carbocycles. The summed E-state index contributed by atoms with van der Waals surface area (Å²) >= 11 is 3.22. The minimum atomic E-state index is -0.665. The van der Waals surface area contributed by atoms with Crippen LogP contribution < -0.4 is 4.74 Å². The average Bonchev–Trinajstić information content (AvgIpc) is 3.57. The second-order valence-corrected chi connectivity index (χ2v) is 10.4. The molecule has 0 unspecified atom stereocenters. The third-order valence-corrected chi connectivity index (χ3v) is 7.88. The molecule has 184 valence electrons. The van der Waals surface area contributed by atoms with Gasteiger partial charge in [-0.2, -0.15) is 0 Å². The van der Waals surface area contributed by atoms with E-state index in [0.29, 0.717) is 5.75 Å². The zero-order valence-electron chi connectivity index (χ0n) is 19.6. The number of carbonyl (C=O) groups is 1. The SMILES string of the molecule is O=C(Oc1ccc(C=C(c2nc3ccccc3s2)c2nc3ccccc3s2)cc1)c1cccc([N+](=O)[O-])c1. The number of thiazole rings is 2. The Morgan fingerprint density at radius 1 is 0.789 bits per heavy atom. The molecular formula is C29H17N3O4S2. The van der Waals surface area contributed by atoms with Crippen LogP contribution in [0.15, 0.2) is 97.1 Å². The number of non-ortho nitro benzene ring substituents is 1. The van der Waals surface area contributed by atoms with E-state index in [1.165, 1.54) is 24.3 Å². The number of nitrogens with zero attached hydrogens (tertiary/aromatic N) is 3. The van der Waals surface area contributed by atoms with E-state index in [2.05, 4.69) is 12.1 Å². The van der Waals surface area contributed by atoms with Crippen LogP contribution >= 0.6 is 22.7 Å². The lowest BCUT2D eigenvalue weighted by Crippen LogP contribution is -2.08. The Morgan fingerprint density at radius 3 is 1.97 bits per heavy atom. The molecule has 0 bridgehead atoms. The fourth-order valence-electron chi connectivity index (χ4n) is 3.90. The molecule has 0 aliphatic rings. The van der Waals surface area contributed by atoms with Crippen LogP contribution in [0.2, 0.25) is 0 Å². The Bertz CT molecular complexity index is 1710. The second-order valence-electron chi connectivity index (χ2n) is 8.30. The van der Waals surface area contributed by atoms with Gasteiger partial charge in [0.05, 0.1) is 30.9 Å². The van der Waals surface area contributed by atoms with E-state index in [-0.39, 0.29) is 11.3 Å². The Kier molecular flexibility index (Phi) is 6.20. The van der Waals surface area contributed by atoms with Gasteiger partial charge in [0.1, 0.15) is 15.8 Å². The standard InChI is InChI=1S/C29H17N3O4S2/c33-29(19-6-5-7-20(17-19)32(34)35)36-21-14-12-18(13-15-21)16-22(27-30-23-8-1-3-10-25(23)37-27)28-31-24-9-2-4-11-26(24)38-28/h1-17H. The molecule has 2 heterocycles. The van der Waals surface area contributed by atoms with Gasteiger partial charge in [-0.1, -0.05) is 42.5 Å². The smallest absolute Gasteiger partial charge is 0.343 e. The topological polar surface area (TPSA) is 95.2 Å². The predicted molar refractivity (Wildman–Crippen MR) is 151 cm³/mol. The molecule has 0 aliphatic heterocycles. The van der Waals surface area contributed by atoms with Gasteiger partial charge in [-0.05, 0) is 54.1 Å². The Balaban J connectivity index is 1.33. The summed E-state index contributed by atoms with van der Waals surface area (Å²) in [7, 11) is 0. The number of nitro groups is 1. The van der Waals surface area contributed by atoms with Crippen molar-refractivity contribution < 1.29 is 14.5 Å². The van der Waals surface area contributed by atoms with Gasteiger partial charge in [0, 0.05) is 17.7 Å². The molecule has 9 heteroatoms.